The number of hydrogen-bond donors (Lipinski definition) is 1. The SMILES string of the molecule is OC1(c2ccccc2-c2ccccc2)c2ccccc2C2(c3ccccc3-c3ccccc32)c2cc3sc4c(c3cc21)CCC=C4. The summed E-state index contributed by atoms with van der Waals surface area (Å²) >= 11 is 1.89. The van der Waals surface area contributed by atoms with Crippen LogP contribution in [-0.2, 0) is 17.4 Å². The fraction of sp³-hybridized carbons (Fsp3) is 0.0909. The van der Waals surface area contributed by atoms with Crippen molar-refractivity contribution in [2.75, 3.05) is 0 Å². The first-order valence-corrected chi connectivity index (χ1v) is 17.0. The molecule has 10 rings (SSSR count). The standard InChI is InChI=1S/C44H30OS/c45-44(36-22-10-4-16-29(36)28-14-2-1-3-15-28)38-24-12-11-23-37(38)43(34-20-8-5-17-30(34)31-18-6-9-21-35(31)43)39-27-42-33(26-40(39)44)32-19-7-13-25-41(32)46-42/h1-6,8-18,20-27,45H,7,19H2. The van der Waals surface area contributed by atoms with E-state index in [-0.39, 0.29) is 0 Å². The zero-order valence-electron chi connectivity index (χ0n) is 25.2. The molecule has 0 radical (unpaired) electrons. The Morgan fingerprint density at radius 3 is 1.83 bits per heavy atom. The summed E-state index contributed by atoms with van der Waals surface area (Å²) in [6.45, 7) is 0. The molecule has 7 aromatic rings. The third-order valence-corrected chi connectivity index (χ3v) is 11.8. The number of aliphatic hydroxyl groups is 1. The molecule has 1 spiro atoms. The Balaban J connectivity index is 1.41. The molecular weight excluding hydrogens is 577 g/mol. The van der Waals surface area contributed by atoms with Crippen molar-refractivity contribution in [3.8, 4) is 22.3 Å². The van der Waals surface area contributed by atoms with Gasteiger partial charge in [-0.2, -0.15) is 0 Å². The van der Waals surface area contributed by atoms with E-state index >= 15 is 0 Å². The van der Waals surface area contributed by atoms with E-state index < -0.39 is 11.0 Å². The van der Waals surface area contributed by atoms with Crippen molar-refractivity contribution in [2.45, 2.75) is 23.9 Å². The summed E-state index contributed by atoms with van der Waals surface area (Å²) in [6, 6.07) is 50.2. The van der Waals surface area contributed by atoms with Gasteiger partial charge in [-0.15, -0.1) is 11.3 Å². The van der Waals surface area contributed by atoms with Crippen molar-refractivity contribution in [1.29, 1.82) is 0 Å². The second-order valence-electron chi connectivity index (χ2n) is 12.8. The van der Waals surface area contributed by atoms with Gasteiger partial charge >= 0.3 is 0 Å². The van der Waals surface area contributed by atoms with Gasteiger partial charge in [0.2, 0.25) is 0 Å². The largest absolute Gasteiger partial charge is 0.376 e. The number of aryl methyl sites for hydroxylation is 1. The highest BCUT2D eigenvalue weighted by Gasteiger charge is 2.56. The predicted octanol–water partition coefficient (Wildman–Crippen LogP) is 10.5. The van der Waals surface area contributed by atoms with E-state index in [1.54, 1.807) is 0 Å². The van der Waals surface area contributed by atoms with E-state index in [2.05, 4.69) is 152 Å². The second kappa shape index (κ2) is 9.50. The average molecular weight is 607 g/mol. The molecule has 1 atom stereocenters. The highest BCUT2D eigenvalue weighted by Crippen LogP contribution is 2.64. The molecule has 0 aliphatic heterocycles. The van der Waals surface area contributed by atoms with Crippen LogP contribution in [0.4, 0.5) is 0 Å². The number of benzene rings is 6. The van der Waals surface area contributed by atoms with Crippen molar-refractivity contribution in [1.82, 2.24) is 0 Å². The minimum Gasteiger partial charge on any atom is -0.376 e. The van der Waals surface area contributed by atoms with Crippen LogP contribution in [0.3, 0.4) is 0 Å². The Hall–Kier alpha value is -5.02. The van der Waals surface area contributed by atoms with Crippen LogP contribution >= 0.6 is 11.3 Å². The number of thiophene rings is 1. The van der Waals surface area contributed by atoms with Crippen LogP contribution in [0.1, 0.15) is 55.8 Å². The van der Waals surface area contributed by atoms with Crippen LogP contribution in [0.15, 0.2) is 146 Å². The van der Waals surface area contributed by atoms with Crippen LogP contribution in [0.25, 0.3) is 38.4 Å². The molecule has 0 amide bonds. The topological polar surface area (TPSA) is 20.2 Å². The first-order valence-electron chi connectivity index (χ1n) is 16.1. The maximum Gasteiger partial charge on any atom is 0.141 e. The molecule has 0 fully saturated rings. The van der Waals surface area contributed by atoms with E-state index in [0.29, 0.717) is 0 Å². The monoisotopic (exact) mass is 606 g/mol. The fourth-order valence-electron chi connectivity index (χ4n) is 8.82. The lowest BCUT2D eigenvalue weighted by molar-refractivity contribution is 0.119. The quantitative estimate of drug-likeness (QED) is 0.208. The summed E-state index contributed by atoms with van der Waals surface area (Å²) in [5, 5.41) is 15.1. The van der Waals surface area contributed by atoms with Crippen LogP contribution in [-0.4, -0.2) is 5.11 Å². The van der Waals surface area contributed by atoms with Gasteiger partial charge in [0.15, 0.2) is 0 Å². The lowest BCUT2D eigenvalue weighted by Gasteiger charge is -2.47. The van der Waals surface area contributed by atoms with E-state index in [4.69, 9.17) is 0 Å². The van der Waals surface area contributed by atoms with Gasteiger partial charge in [0.1, 0.15) is 5.60 Å². The van der Waals surface area contributed by atoms with Gasteiger partial charge in [-0.3, -0.25) is 0 Å². The summed E-state index contributed by atoms with van der Waals surface area (Å²) in [6.07, 6.45) is 6.66. The van der Waals surface area contributed by atoms with Crippen LogP contribution in [0, 0.1) is 0 Å². The Morgan fingerprint density at radius 1 is 0.522 bits per heavy atom. The van der Waals surface area contributed by atoms with E-state index in [1.165, 1.54) is 48.3 Å². The predicted molar refractivity (Wildman–Crippen MR) is 190 cm³/mol. The highest BCUT2D eigenvalue weighted by molar-refractivity contribution is 7.20. The molecule has 1 heterocycles. The van der Waals surface area contributed by atoms with E-state index in [9.17, 15) is 5.11 Å². The zero-order chi connectivity index (χ0) is 30.5. The molecule has 0 bridgehead atoms. The number of hydrogen-bond acceptors (Lipinski definition) is 2. The molecule has 218 valence electrons. The summed E-state index contributed by atoms with van der Waals surface area (Å²) in [5.41, 5.74) is 11.8. The lowest BCUT2D eigenvalue weighted by Crippen LogP contribution is -2.44. The summed E-state index contributed by atoms with van der Waals surface area (Å²) < 4.78 is 1.29. The van der Waals surface area contributed by atoms with Crippen molar-refractivity contribution >= 4 is 27.5 Å². The molecule has 2 heteroatoms. The van der Waals surface area contributed by atoms with Gasteiger partial charge in [0, 0.05) is 15.1 Å². The van der Waals surface area contributed by atoms with Gasteiger partial charge < -0.3 is 5.11 Å². The second-order valence-corrected chi connectivity index (χ2v) is 13.9. The van der Waals surface area contributed by atoms with Crippen LogP contribution in [0.5, 0.6) is 0 Å². The van der Waals surface area contributed by atoms with Crippen molar-refractivity contribution in [3.63, 3.8) is 0 Å². The Morgan fingerprint density at radius 2 is 1.11 bits per heavy atom. The summed E-state index contributed by atoms with van der Waals surface area (Å²) in [7, 11) is 0. The minimum atomic E-state index is -1.39. The van der Waals surface area contributed by atoms with Crippen molar-refractivity contribution in [2.24, 2.45) is 0 Å². The number of allylic oxidation sites excluding steroid dienone is 1. The van der Waals surface area contributed by atoms with Crippen molar-refractivity contribution in [3.05, 3.63) is 195 Å². The molecule has 6 aromatic carbocycles. The molecule has 3 aliphatic carbocycles. The molecular formula is C44H30OS. The van der Waals surface area contributed by atoms with Gasteiger partial charge in [-0.1, -0.05) is 133 Å². The van der Waals surface area contributed by atoms with Crippen molar-refractivity contribution < 1.29 is 5.11 Å². The molecule has 0 saturated heterocycles. The van der Waals surface area contributed by atoms with Gasteiger partial charge in [-0.05, 0) is 97.6 Å². The normalized spacial score (nSPS) is 18.1. The number of fused-ring (bicyclic) bond motifs is 12. The molecule has 1 unspecified atom stereocenters. The smallest absolute Gasteiger partial charge is 0.141 e. The van der Waals surface area contributed by atoms with Crippen LogP contribution in [0.2, 0.25) is 0 Å². The fourth-order valence-corrected chi connectivity index (χ4v) is 10.0. The highest BCUT2D eigenvalue weighted by atomic mass is 32.1. The van der Waals surface area contributed by atoms with E-state index in [1.807, 2.05) is 11.3 Å². The summed E-state index contributed by atoms with van der Waals surface area (Å²) in [4.78, 5) is 1.34. The molecule has 1 nitrogen and oxygen atoms in total. The molecule has 0 saturated carbocycles. The van der Waals surface area contributed by atoms with Crippen LogP contribution < -0.4 is 0 Å². The Bertz CT molecular complexity index is 2350. The third kappa shape index (κ3) is 3.23. The van der Waals surface area contributed by atoms with Gasteiger partial charge in [0.25, 0.3) is 0 Å². The number of rotatable bonds is 2. The Kier molecular flexibility index (Phi) is 5.41. The molecule has 46 heavy (non-hydrogen) atoms. The first-order chi connectivity index (χ1) is 22.7. The van der Waals surface area contributed by atoms with Gasteiger partial charge in [-0.25, -0.2) is 0 Å². The van der Waals surface area contributed by atoms with Gasteiger partial charge in [0.05, 0.1) is 5.41 Å². The average Bonchev–Trinajstić information content (AvgIpc) is 3.64. The zero-order valence-corrected chi connectivity index (χ0v) is 26.0. The molecule has 1 N–H and O–H groups in total. The first kappa shape index (κ1) is 26.2. The lowest BCUT2D eigenvalue weighted by atomic mass is 9.56. The third-order valence-electron chi connectivity index (χ3n) is 10.7. The molecule has 1 aromatic heterocycles. The molecule has 3 aliphatic rings. The minimum absolute atomic E-state index is 0.568. The maximum atomic E-state index is 13.8. The Labute approximate surface area is 272 Å². The summed E-state index contributed by atoms with van der Waals surface area (Å²) in [5.74, 6) is 0. The van der Waals surface area contributed by atoms with E-state index in [0.717, 1.165) is 46.2 Å². The maximum absolute atomic E-state index is 13.8.